The van der Waals surface area contributed by atoms with Gasteiger partial charge in [0.25, 0.3) is 0 Å². The molecule has 0 unspecified atom stereocenters. The van der Waals surface area contributed by atoms with E-state index in [2.05, 4.69) is 0 Å². The summed E-state index contributed by atoms with van der Waals surface area (Å²) in [6, 6.07) is 5.04. The molecule has 1 aromatic carbocycles. The third-order valence-electron chi connectivity index (χ3n) is 2.31. The van der Waals surface area contributed by atoms with Crippen molar-refractivity contribution >= 4 is 17.1 Å². The number of rotatable bonds is 2. The average Bonchev–Trinajstić information content (AvgIpc) is 2.66. The minimum absolute atomic E-state index is 0.129. The quantitative estimate of drug-likeness (QED) is 0.870. The van der Waals surface area contributed by atoms with Gasteiger partial charge < -0.3 is 14.8 Å². The van der Waals surface area contributed by atoms with Crippen molar-refractivity contribution in [3.8, 4) is 0 Å². The van der Waals surface area contributed by atoms with Crippen molar-refractivity contribution in [3.63, 3.8) is 0 Å². The van der Waals surface area contributed by atoms with Crippen LogP contribution in [0.5, 0.6) is 0 Å². The first-order valence-electron chi connectivity index (χ1n) is 4.93. The van der Waals surface area contributed by atoms with Crippen LogP contribution in [0.2, 0.25) is 0 Å². The Kier molecular flexibility index (Phi) is 2.90. The second-order valence-corrected chi connectivity index (χ2v) is 3.59. The largest absolute Gasteiger partial charge is 0.465 e. The molecule has 1 aromatic heterocycles. The molecule has 7 heteroatoms. The molecule has 0 bridgehead atoms. The van der Waals surface area contributed by atoms with E-state index < -0.39 is 17.8 Å². The summed E-state index contributed by atoms with van der Waals surface area (Å²) in [5.41, 5.74) is -1.16. The van der Waals surface area contributed by atoms with Gasteiger partial charge >= 0.3 is 12.3 Å². The molecule has 0 atom stereocenters. The SMILES string of the molecule is O=C(O)NCc1cc2cccc(C(F)(F)F)c2o1. The second-order valence-electron chi connectivity index (χ2n) is 3.59. The van der Waals surface area contributed by atoms with Crippen molar-refractivity contribution in [2.45, 2.75) is 12.7 Å². The van der Waals surface area contributed by atoms with Crippen LogP contribution in [0.25, 0.3) is 11.0 Å². The molecule has 2 rings (SSSR count). The molecule has 0 aliphatic rings. The van der Waals surface area contributed by atoms with E-state index in [-0.39, 0.29) is 23.3 Å². The Labute approximate surface area is 99.0 Å². The van der Waals surface area contributed by atoms with Gasteiger partial charge in [0.2, 0.25) is 0 Å². The lowest BCUT2D eigenvalue weighted by Gasteiger charge is -2.06. The molecule has 0 saturated heterocycles. The number of benzene rings is 1. The number of nitrogens with one attached hydrogen (secondary N) is 1. The summed E-state index contributed by atoms with van der Waals surface area (Å²) in [4.78, 5) is 10.3. The summed E-state index contributed by atoms with van der Waals surface area (Å²) in [5.74, 6) is 0.129. The van der Waals surface area contributed by atoms with Crippen LogP contribution in [-0.4, -0.2) is 11.2 Å². The van der Waals surface area contributed by atoms with Gasteiger partial charge in [0.1, 0.15) is 11.3 Å². The lowest BCUT2D eigenvalue weighted by molar-refractivity contribution is -0.136. The lowest BCUT2D eigenvalue weighted by Crippen LogP contribution is -2.19. The number of hydrogen-bond donors (Lipinski definition) is 2. The lowest BCUT2D eigenvalue weighted by atomic mass is 10.1. The van der Waals surface area contributed by atoms with E-state index in [4.69, 9.17) is 9.52 Å². The first kappa shape index (κ1) is 12.3. The molecular formula is C11H8F3NO3. The highest BCUT2D eigenvalue weighted by Crippen LogP contribution is 2.35. The molecule has 0 saturated carbocycles. The fraction of sp³-hybridized carbons (Fsp3) is 0.182. The summed E-state index contributed by atoms with van der Waals surface area (Å²) in [6.45, 7) is -0.179. The maximum absolute atomic E-state index is 12.7. The third kappa shape index (κ3) is 2.39. The van der Waals surface area contributed by atoms with Crippen LogP contribution in [0.4, 0.5) is 18.0 Å². The molecule has 0 fully saturated rings. The number of alkyl halides is 3. The number of hydrogen-bond acceptors (Lipinski definition) is 2. The molecule has 2 N–H and O–H groups in total. The van der Waals surface area contributed by atoms with Gasteiger partial charge in [-0.25, -0.2) is 4.79 Å². The van der Waals surface area contributed by atoms with E-state index in [1.165, 1.54) is 18.2 Å². The van der Waals surface area contributed by atoms with Crippen LogP contribution < -0.4 is 5.32 Å². The zero-order valence-corrected chi connectivity index (χ0v) is 8.91. The van der Waals surface area contributed by atoms with Crippen molar-refractivity contribution in [2.24, 2.45) is 0 Å². The number of halogens is 3. The number of fused-ring (bicyclic) bond motifs is 1. The van der Waals surface area contributed by atoms with E-state index in [9.17, 15) is 18.0 Å². The van der Waals surface area contributed by atoms with Gasteiger partial charge in [-0.05, 0) is 12.1 Å². The number of carbonyl (C=O) groups is 1. The topological polar surface area (TPSA) is 62.5 Å². The summed E-state index contributed by atoms with van der Waals surface area (Å²) >= 11 is 0. The maximum atomic E-state index is 12.7. The average molecular weight is 259 g/mol. The molecular weight excluding hydrogens is 251 g/mol. The first-order chi connectivity index (χ1) is 8.38. The van der Waals surface area contributed by atoms with Gasteiger partial charge in [-0.15, -0.1) is 0 Å². The molecule has 0 radical (unpaired) electrons. The monoisotopic (exact) mass is 259 g/mol. The third-order valence-corrected chi connectivity index (χ3v) is 2.31. The zero-order valence-electron chi connectivity index (χ0n) is 8.91. The van der Waals surface area contributed by atoms with Gasteiger partial charge in [-0.3, -0.25) is 0 Å². The highest BCUT2D eigenvalue weighted by molar-refractivity contribution is 5.81. The number of para-hydroxylation sites is 1. The number of furan rings is 1. The maximum Gasteiger partial charge on any atom is 0.420 e. The van der Waals surface area contributed by atoms with Crippen LogP contribution >= 0.6 is 0 Å². The van der Waals surface area contributed by atoms with E-state index >= 15 is 0 Å². The Morgan fingerprint density at radius 2 is 2.11 bits per heavy atom. The molecule has 2 aromatic rings. The minimum Gasteiger partial charge on any atom is -0.465 e. The molecule has 0 aliphatic carbocycles. The Bertz CT molecular complexity index is 589. The van der Waals surface area contributed by atoms with Crippen molar-refractivity contribution < 1.29 is 27.5 Å². The Morgan fingerprint density at radius 1 is 1.39 bits per heavy atom. The van der Waals surface area contributed by atoms with Crippen LogP contribution in [0.1, 0.15) is 11.3 Å². The van der Waals surface area contributed by atoms with Crippen molar-refractivity contribution in [3.05, 3.63) is 35.6 Å². The molecule has 1 heterocycles. The molecule has 1 amide bonds. The molecule has 4 nitrogen and oxygen atoms in total. The standard InChI is InChI=1S/C11H8F3NO3/c12-11(13,14)8-3-1-2-6-4-7(18-9(6)8)5-15-10(16)17/h1-4,15H,5H2,(H,16,17). The van der Waals surface area contributed by atoms with Gasteiger partial charge in [-0.2, -0.15) is 13.2 Å². The molecule has 0 spiro atoms. The normalized spacial score (nSPS) is 11.7. The van der Waals surface area contributed by atoms with Gasteiger partial charge in [0.05, 0.1) is 12.1 Å². The fourth-order valence-corrected chi connectivity index (χ4v) is 1.59. The van der Waals surface area contributed by atoms with Crippen molar-refractivity contribution in [2.75, 3.05) is 0 Å². The smallest absolute Gasteiger partial charge is 0.420 e. The number of amides is 1. The van der Waals surface area contributed by atoms with E-state index in [1.54, 1.807) is 0 Å². The summed E-state index contributed by atoms with van der Waals surface area (Å²) < 4.78 is 43.0. The predicted molar refractivity (Wildman–Crippen MR) is 56.1 cm³/mol. The van der Waals surface area contributed by atoms with Crippen molar-refractivity contribution in [1.29, 1.82) is 0 Å². The summed E-state index contributed by atoms with van der Waals surface area (Å²) in [6.07, 6.45) is -5.78. The Balaban J connectivity index is 2.42. The molecule has 18 heavy (non-hydrogen) atoms. The van der Waals surface area contributed by atoms with Gasteiger partial charge in [0, 0.05) is 5.39 Å². The zero-order chi connectivity index (χ0) is 13.3. The van der Waals surface area contributed by atoms with Crippen LogP contribution in [0, 0.1) is 0 Å². The minimum atomic E-state index is -4.51. The molecule has 96 valence electrons. The highest BCUT2D eigenvalue weighted by atomic mass is 19.4. The summed E-state index contributed by atoms with van der Waals surface area (Å²) in [5, 5.41) is 10.7. The Morgan fingerprint density at radius 3 is 2.72 bits per heavy atom. The highest BCUT2D eigenvalue weighted by Gasteiger charge is 2.34. The second kappa shape index (κ2) is 4.25. The van der Waals surface area contributed by atoms with Gasteiger partial charge in [0.15, 0.2) is 0 Å². The molecule has 0 aliphatic heterocycles. The van der Waals surface area contributed by atoms with Gasteiger partial charge in [-0.1, -0.05) is 12.1 Å². The van der Waals surface area contributed by atoms with E-state index in [0.717, 1.165) is 6.07 Å². The first-order valence-corrected chi connectivity index (χ1v) is 4.93. The van der Waals surface area contributed by atoms with Crippen LogP contribution in [0.3, 0.4) is 0 Å². The summed E-state index contributed by atoms with van der Waals surface area (Å²) in [7, 11) is 0. The van der Waals surface area contributed by atoms with E-state index in [1.807, 2.05) is 5.32 Å². The predicted octanol–water partition coefficient (Wildman–Crippen LogP) is 3.22. The van der Waals surface area contributed by atoms with E-state index in [0.29, 0.717) is 0 Å². The van der Waals surface area contributed by atoms with Crippen molar-refractivity contribution in [1.82, 2.24) is 5.32 Å². The van der Waals surface area contributed by atoms with Crippen LogP contribution in [-0.2, 0) is 12.7 Å². The van der Waals surface area contributed by atoms with Crippen LogP contribution in [0.15, 0.2) is 28.7 Å². The Hall–Kier alpha value is -2.18. The fourth-order valence-electron chi connectivity index (χ4n) is 1.59. The number of carboxylic acid groups (broad SMARTS) is 1.